The molecule has 1 heterocycles. The monoisotopic (exact) mass is 303 g/mol. The van der Waals surface area contributed by atoms with Crippen molar-refractivity contribution in [1.82, 2.24) is 0 Å². The average Bonchev–Trinajstić information content (AvgIpc) is 2.46. The van der Waals surface area contributed by atoms with E-state index in [1.165, 1.54) is 6.07 Å². The van der Waals surface area contributed by atoms with Crippen molar-refractivity contribution in [3.05, 3.63) is 64.5 Å². The van der Waals surface area contributed by atoms with Crippen molar-refractivity contribution in [2.45, 2.75) is 25.1 Å². The summed E-state index contributed by atoms with van der Waals surface area (Å²) in [5.74, 6) is -0.463. The van der Waals surface area contributed by atoms with E-state index in [9.17, 15) is 9.18 Å². The number of nitrogens with one attached hydrogen (secondary N) is 1. The number of aryl methyl sites for hydroxylation is 2. The molecular formula is C17H15ClFNO. The molecule has 4 heteroatoms. The smallest absolute Gasteiger partial charge is 0.224 e. The minimum absolute atomic E-state index is 0.0732. The molecule has 0 bridgehead atoms. The number of alkyl halides is 1. The molecule has 1 N–H and O–H groups in total. The number of hydrogen-bond donors (Lipinski definition) is 1. The molecule has 0 aromatic heterocycles. The number of rotatable bonds is 2. The molecule has 21 heavy (non-hydrogen) atoms. The van der Waals surface area contributed by atoms with E-state index in [-0.39, 0.29) is 11.7 Å². The topological polar surface area (TPSA) is 29.1 Å². The standard InChI is InChI=1S/C17H15ClFNO/c1-10-4-2-3-5-12(10)17(18)13-8-11-6-7-16(21)20-15(11)9-14(13)19/h2-5,8-9,17H,6-7H2,1H3,(H,20,21). The van der Waals surface area contributed by atoms with Crippen molar-refractivity contribution >= 4 is 23.2 Å². The lowest BCUT2D eigenvalue weighted by Gasteiger charge is -2.20. The molecule has 1 unspecified atom stereocenters. The molecule has 3 rings (SSSR count). The summed E-state index contributed by atoms with van der Waals surface area (Å²) >= 11 is 6.49. The van der Waals surface area contributed by atoms with Gasteiger partial charge in [0, 0.05) is 17.7 Å². The third kappa shape index (κ3) is 2.66. The molecule has 1 aliphatic rings. The van der Waals surface area contributed by atoms with E-state index in [0.29, 0.717) is 24.1 Å². The number of halogens is 2. The molecule has 0 saturated heterocycles. The second kappa shape index (κ2) is 5.49. The predicted molar refractivity (Wildman–Crippen MR) is 82.2 cm³/mol. The van der Waals surface area contributed by atoms with Gasteiger partial charge in [0.05, 0.1) is 5.38 Å². The van der Waals surface area contributed by atoms with Gasteiger partial charge < -0.3 is 5.32 Å². The van der Waals surface area contributed by atoms with Gasteiger partial charge >= 0.3 is 0 Å². The third-order valence-corrected chi connectivity index (χ3v) is 4.32. The molecule has 2 aromatic rings. The zero-order chi connectivity index (χ0) is 15.0. The Labute approximate surface area is 127 Å². The van der Waals surface area contributed by atoms with Gasteiger partial charge in [-0.2, -0.15) is 0 Å². The first-order chi connectivity index (χ1) is 10.1. The Morgan fingerprint density at radius 1 is 1.19 bits per heavy atom. The number of fused-ring (bicyclic) bond motifs is 1. The average molecular weight is 304 g/mol. The van der Waals surface area contributed by atoms with Crippen LogP contribution in [0, 0.1) is 12.7 Å². The van der Waals surface area contributed by atoms with Gasteiger partial charge in [0.1, 0.15) is 5.82 Å². The van der Waals surface area contributed by atoms with E-state index < -0.39 is 5.38 Å². The lowest BCUT2D eigenvalue weighted by molar-refractivity contribution is -0.116. The number of carbonyl (C=O) groups excluding carboxylic acids is 1. The summed E-state index contributed by atoms with van der Waals surface area (Å²) in [7, 11) is 0. The molecule has 0 fully saturated rings. The molecule has 1 amide bonds. The second-order valence-corrected chi connectivity index (χ2v) is 5.73. The van der Waals surface area contributed by atoms with Gasteiger partial charge in [-0.1, -0.05) is 24.3 Å². The van der Waals surface area contributed by atoms with Crippen LogP contribution < -0.4 is 5.32 Å². The van der Waals surface area contributed by atoms with Crippen molar-refractivity contribution in [2.75, 3.05) is 5.32 Å². The van der Waals surface area contributed by atoms with Crippen LogP contribution in [-0.4, -0.2) is 5.91 Å². The maximum absolute atomic E-state index is 14.3. The first-order valence-corrected chi connectivity index (χ1v) is 7.31. The Morgan fingerprint density at radius 2 is 1.95 bits per heavy atom. The van der Waals surface area contributed by atoms with Crippen molar-refractivity contribution < 1.29 is 9.18 Å². The molecule has 1 atom stereocenters. The van der Waals surface area contributed by atoms with Gasteiger partial charge in [-0.25, -0.2) is 4.39 Å². The Hall–Kier alpha value is -1.87. The number of amides is 1. The summed E-state index contributed by atoms with van der Waals surface area (Å²) in [5, 5.41) is 2.16. The van der Waals surface area contributed by atoms with E-state index in [2.05, 4.69) is 5.32 Å². The summed E-state index contributed by atoms with van der Waals surface area (Å²) in [4.78, 5) is 11.4. The molecule has 0 saturated carbocycles. The minimum atomic E-state index is -0.533. The quantitative estimate of drug-likeness (QED) is 0.821. The fraction of sp³-hybridized carbons (Fsp3) is 0.235. The van der Waals surface area contributed by atoms with Crippen LogP contribution in [0.3, 0.4) is 0 Å². The lowest BCUT2D eigenvalue weighted by Crippen LogP contribution is -2.19. The van der Waals surface area contributed by atoms with E-state index >= 15 is 0 Å². The van der Waals surface area contributed by atoms with Crippen molar-refractivity contribution in [3.63, 3.8) is 0 Å². The van der Waals surface area contributed by atoms with Crippen molar-refractivity contribution in [3.8, 4) is 0 Å². The number of anilines is 1. The molecular weight excluding hydrogens is 289 g/mol. The predicted octanol–water partition coefficient (Wildman–Crippen LogP) is 4.35. The Morgan fingerprint density at radius 3 is 2.71 bits per heavy atom. The van der Waals surface area contributed by atoms with Crippen molar-refractivity contribution in [2.24, 2.45) is 0 Å². The number of hydrogen-bond acceptors (Lipinski definition) is 1. The van der Waals surface area contributed by atoms with Gasteiger partial charge in [0.2, 0.25) is 5.91 Å². The summed E-state index contributed by atoms with van der Waals surface area (Å²) in [6, 6.07) is 10.8. The first kappa shape index (κ1) is 14.1. The highest BCUT2D eigenvalue weighted by atomic mass is 35.5. The maximum atomic E-state index is 14.3. The van der Waals surface area contributed by atoms with Gasteiger partial charge in [0.15, 0.2) is 0 Å². The van der Waals surface area contributed by atoms with Crippen LogP contribution in [0.15, 0.2) is 36.4 Å². The molecule has 2 aromatic carbocycles. The maximum Gasteiger partial charge on any atom is 0.224 e. The highest BCUT2D eigenvalue weighted by molar-refractivity contribution is 6.22. The number of carbonyl (C=O) groups is 1. The zero-order valence-corrected chi connectivity index (χ0v) is 12.4. The lowest BCUT2D eigenvalue weighted by atomic mass is 9.95. The Kier molecular flexibility index (Phi) is 3.68. The molecule has 0 radical (unpaired) electrons. The Bertz CT molecular complexity index is 714. The fourth-order valence-corrected chi connectivity index (χ4v) is 3.07. The van der Waals surface area contributed by atoms with Gasteiger partial charge in [0.25, 0.3) is 0 Å². The molecule has 108 valence electrons. The SMILES string of the molecule is Cc1ccccc1C(Cl)c1cc2c(cc1F)NC(=O)CC2. The minimum Gasteiger partial charge on any atom is -0.326 e. The molecule has 0 spiro atoms. The van der Waals surface area contributed by atoms with Crippen LogP contribution in [0.5, 0.6) is 0 Å². The van der Waals surface area contributed by atoms with Crippen LogP contribution in [-0.2, 0) is 11.2 Å². The van der Waals surface area contributed by atoms with Gasteiger partial charge in [-0.05, 0) is 42.2 Å². The van der Waals surface area contributed by atoms with E-state index in [0.717, 1.165) is 16.7 Å². The summed E-state index contributed by atoms with van der Waals surface area (Å²) < 4.78 is 14.3. The van der Waals surface area contributed by atoms with Gasteiger partial charge in [-0.3, -0.25) is 4.79 Å². The summed E-state index contributed by atoms with van der Waals surface area (Å²) in [5.41, 5.74) is 3.88. The van der Waals surface area contributed by atoms with E-state index in [1.54, 1.807) is 6.07 Å². The van der Waals surface area contributed by atoms with Crippen LogP contribution in [0.4, 0.5) is 10.1 Å². The largest absolute Gasteiger partial charge is 0.326 e. The first-order valence-electron chi connectivity index (χ1n) is 6.88. The van der Waals surface area contributed by atoms with Crippen LogP contribution >= 0.6 is 11.6 Å². The molecule has 0 aliphatic carbocycles. The fourth-order valence-electron chi connectivity index (χ4n) is 2.65. The highest BCUT2D eigenvalue weighted by Gasteiger charge is 2.22. The number of benzene rings is 2. The third-order valence-electron chi connectivity index (χ3n) is 3.85. The van der Waals surface area contributed by atoms with Crippen LogP contribution in [0.1, 0.15) is 34.1 Å². The summed E-state index contributed by atoms with van der Waals surface area (Å²) in [6.07, 6.45) is 1.04. The van der Waals surface area contributed by atoms with Crippen LogP contribution in [0.2, 0.25) is 0 Å². The normalized spacial score (nSPS) is 15.3. The van der Waals surface area contributed by atoms with E-state index in [4.69, 9.17) is 11.6 Å². The van der Waals surface area contributed by atoms with Crippen molar-refractivity contribution in [1.29, 1.82) is 0 Å². The summed E-state index contributed by atoms with van der Waals surface area (Å²) in [6.45, 7) is 1.96. The zero-order valence-electron chi connectivity index (χ0n) is 11.6. The highest BCUT2D eigenvalue weighted by Crippen LogP contribution is 2.36. The molecule has 2 nitrogen and oxygen atoms in total. The Balaban J connectivity index is 2.03. The van der Waals surface area contributed by atoms with E-state index in [1.807, 2.05) is 31.2 Å². The van der Waals surface area contributed by atoms with Gasteiger partial charge in [-0.15, -0.1) is 11.6 Å². The molecule has 1 aliphatic heterocycles. The second-order valence-electron chi connectivity index (χ2n) is 5.30. The van der Waals surface area contributed by atoms with Crippen LogP contribution in [0.25, 0.3) is 0 Å².